The van der Waals surface area contributed by atoms with Crippen molar-refractivity contribution in [3.63, 3.8) is 0 Å². The molecule has 0 saturated carbocycles. The Morgan fingerprint density at radius 3 is 2.72 bits per heavy atom. The van der Waals surface area contributed by atoms with Crippen molar-refractivity contribution in [2.24, 2.45) is 0 Å². The molecule has 2 heterocycles. The second-order valence-electron chi connectivity index (χ2n) is 7.58. The number of nitrogen functional groups attached to an aromatic ring is 1. The highest BCUT2D eigenvalue weighted by Gasteiger charge is 2.20. The molecule has 1 aliphatic carbocycles. The summed E-state index contributed by atoms with van der Waals surface area (Å²) in [7, 11) is 1.63. The van der Waals surface area contributed by atoms with E-state index in [0.717, 1.165) is 60.5 Å². The fourth-order valence-corrected chi connectivity index (χ4v) is 5.16. The third kappa shape index (κ3) is 5.45. The molecule has 4 rings (SSSR count). The largest absolute Gasteiger partial charge is 0.494 e. The van der Waals surface area contributed by atoms with Crippen LogP contribution in [0, 0.1) is 0 Å². The van der Waals surface area contributed by atoms with Crippen LogP contribution in [0.15, 0.2) is 23.4 Å². The lowest BCUT2D eigenvalue weighted by Gasteiger charge is -2.15. The minimum Gasteiger partial charge on any atom is -0.494 e. The Morgan fingerprint density at radius 2 is 2.06 bits per heavy atom. The number of hydrogen-bond donors (Lipinski definition) is 3. The zero-order chi connectivity index (χ0) is 23.1. The van der Waals surface area contributed by atoms with Crippen LogP contribution in [0.4, 0.5) is 17.2 Å². The van der Waals surface area contributed by atoms with Gasteiger partial charge in [-0.25, -0.2) is 9.97 Å². The molecule has 3 N–H and O–H groups in total. The molecule has 0 saturated heterocycles. The first-order valence-electron chi connectivity index (χ1n) is 10.9. The van der Waals surface area contributed by atoms with E-state index < -0.39 is 0 Å². The number of fused-ring (bicyclic) bond motifs is 3. The van der Waals surface area contributed by atoms with Crippen LogP contribution in [-0.4, -0.2) is 41.5 Å². The summed E-state index contributed by atoms with van der Waals surface area (Å²) in [5.74, 6) is 1.48. The highest BCUT2D eigenvalue weighted by Crippen LogP contribution is 2.40. The summed E-state index contributed by atoms with van der Waals surface area (Å²) in [6, 6.07) is 3.64. The van der Waals surface area contributed by atoms with Crippen LogP contribution in [-0.2, 0) is 17.6 Å². The van der Waals surface area contributed by atoms with Gasteiger partial charge in [0.25, 0.3) is 0 Å². The van der Waals surface area contributed by atoms with E-state index >= 15 is 0 Å². The maximum Gasteiger partial charge on any atom is 0.209 e. The SMILES string of the molecule is CCCN(C=O)CC.COc1cc(N)c(S)cc1Nc1ncnc2sc3c(c12)CCCC3. The molecule has 0 fully saturated rings. The Kier molecular flexibility index (Phi) is 8.58. The Morgan fingerprint density at radius 1 is 1.28 bits per heavy atom. The lowest BCUT2D eigenvalue weighted by Crippen LogP contribution is -2.21. The van der Waals surface area contributed by atoms with Crippen LogP contribution >= 0.6 is 24.0 Å². The summed E-state index contributed by atoms with van der Waals surface area (Å²) < 4.78 is 5.44. The van der Waals surface area contributed by atoms with Gasteiger partial charge >= 0.3 is 0 Å². The second-order valence-corrected chi connectivity index (χ2v) is 9.15. The minimum absolute atomic E-state index is 0.585. The number of rotatable bonds is 7. The Hall–Kier alpha value is -2.52. The van der Waals surface area contributed by atoms with Crippen LogP contribution in [0.1, 0.15) is 43.6 Å². The van der Waals surface area contributed by atoms with Gasteiger partial charge in [0.15, 0.2) is 0 Å². The summed E-state index contributed by atoms with van der Waals surface area (Å²) in [5, 5.41) is 4.53. The summed E-state index contributed by atoms with van der Waals surface area (Å²) in [6.07, 6.45) is 8.26. The molecule has 1 aromatic carbocycles. The number of thiophene rings is 1. The quantitative estimate of drug-likeness (QED) is 0.252. The number of nitrogens with zero attached hydrogens (tertiary/aromatic N) is 3. The van der Waals surface area contributed by atoms with Crippen molar-refractivity contribution >= 4 is 57.8 Å². The van der Waals surface area contributed by atoms with Crippen LogP contribution in [0.2, 0.25) is 0 Å². The zero-order valence-electron chi connectivity index (χ0n) is 18.9. The van der Waals surface area contributed by atoms with Crippen molar-refractivity contribution in [1.82, 2.24) is 14.9 Å². The summed E-state index contributed by atoms with van der Waals surface area (Å²) in [6.45, 7) is 5.76. The number of aryl methyl sites for hydroxylation is 2. The average molecular weight is 474 g/mol. The van der Waals surface area contributed by atoms with Crippen LogP contribution in [0.25, 0.3) is 10.2 Å². The number of benzene rings is 1. The molecular weight excluding hydrogens is 442 g/mol. The predicted octanol–water partition coefficient (Wildman–Crippen LogP) is 5.07. The number of amides is 1. The molecule has 1 amide bonds. The molecule has 0 spiro atoms. The first-order chi connectivity index (χ1) is 15.5. The van der Waals surface area contributed by atoms with Crippen molar-refractivity contribution < 1.29 is 9.53 Å². The van der Waals surface area contributed by atoms with Crippen molar-refractivity contribution in [2.45, 2.75) is 50.8 Å². The number of methoxy groups -OCH3 is 1. The molecule has 32 heavy (non-hydrogen) atoms. The molecule has 0 bridgehead atoms. The molecule has 9 heteroatoms. The van der Waals surface area contributed by atoms with Crippen molar-refractivity contribution in [2.75, 3.05) is 31.2 Å². The number of nitrogens with two attached hydrogens (primary N) is 1. The molecule has 7 nitrogen and oxygen atoms in total. The number of nitrogens with one attached hydrogen (secondary N) is 1. The molecule has 0 radical (unpaired) electrons. The van der Waals surface area contributed by atoms with Gasteiger partial charge in [-0.05, 0) is 50.7 Å². The summed E-state index contributed by atoms with van der Waals surface area (Å²) in [4.78, 5) is 23.9. The van der Waals surface area contributed by atoms with Gasteiger partial charge in [-0.2, -0.15) is 0 Å². The summed E-state index contributed by atoms with van der Waals surface area (Å²) in [5.41, 5.74) is 8.69. The van der Waals surface area contributed by atoms with E-state index in [9.17, 15) is 4.79 Å². The number of ether oxygens (including phenoxy) is 1. The van der Waals surface area contributed by atoms with Gasteiger partial charge in [-0.3, -0.25) is 4.79 Å². The van der Waals surface area contributed by atoms with E-state index in [2.05, 4.69) is 34.8 Å². The standard InChI is InChI=1S/C17H18N4OS2.C6H13NO/c1-22-12-6-10(18)13(23)7-11(12)21-16-15-9-4-2-3-5-14(9)24-17(15)20-8-19-16;1-3-5-7(4-2)6-8/h6-8,23H,2-5,18H2,1H3,(H,19,20,21);6H,3-5H2,1-2H3. The molecule has 1 aliphatic rings. The fourth-order valence-electron chi connectivity index (χ4n) is 3.74. The fraction of sp³-hybridized carbons (Fsp3) is 0.435. The van der Waals surface area contributed by atoms with E-state index in [1.165, 1.54) is 23.3 Å². The van der Waals surface area contributed by atoms with E-state index in [-0.39, 0.29) is 0 Å². The minimum atomic E-state index is 0.585. The lowest BCUT2D eigenvalue weighted by molar-refractivity contribution is -0.118. The van der Waals surface area contributed by atoms with Gasteiger partial charge in [0, 0.05) is 34.6 Å². The van der Waals surface area contributed by atoms with E-state index in [0.29, 0.717) is 16.3 Å². The normalized spacial score (nSPS) is 12.5. The van der Waals surface area contributed by atoms with E-state index in [4.69, 9.17) is 10.5 Å². The van der Waals surface area contributed by atoms with Gasteiger partial charge < -0.3 is 20.7 Å². The van der Waals surface area contributed by atoms with E-state index in [1.807, 2.05) is 13.0 Å². The highest BCUT2D eigenvalue weighted by molar-refractivity contribution is 7.80. The van der Waals surface area contributed by atoms with Gasteiger partial charge in [-0.15, -0.1) is 24.0 Å². The van der Waals surface area contributed by atoms with Crippen LogP contribution in [0.5, 0.6) is 5.75 Å². The predicted molar refractivity (Wildman–Crippen MR) is 136 cm³/mol. The summed E-state index contributed by atoms with van der Waals surface area (Å²) >= 11 is 6.19. The third-order valence-corrected chi connectivity index (χ3v) is 7.01. The number of carbonyl (C=O) groups is 1. The highest BCUT2D eigenvalue weighted by atomic mass is 32.1. The average Bonchev–Trinajstić information content (AvgIpc) is 3.19. The Balaban J connectivity index is 0.000000312. The molecule has 2 aromatic heterocycles. The number of hydrogen-bond acceptors (Lipinski definition) is 8. The van der Waals surface area contributed by atoms with Crippen molar-refractivity contribution in [3.05, 3.63) is 28.9 Å². The molecule has 3 aromatic rings. The lowest BCUT2D eigenvalue weighted by atomic mass is 9.97. The third-order valence-electron chi connectivity index (χ3n) is 5.42. The molecule has 172 valence electrons. The maximum atomic E-state index is 10.1. The van der Waals surface area contributed by atoms with Gasteiger partial charge in [-0.1, -0.05) is 6.92 Å². The first-order valence-corrected chi connectivity index (χ1v) is 12.2. The molecular formula is C23H31N5O2S2. The second kappa shape index (κ2) is 11.4. The number of anilines is 3. The van der Waals surface area contributed by atoms with Gasteiger partial charge in [0.05, 0.1) is 18.2 Å². The topological polar surface area (TPSA) is 93.4 Å². The van der Waals surface area contributed by atoms with Gasteiger partial charge in [0.2, 0.25) is 6.41 Å². The van der Waals surface area contributed by atoms with Crippen molar-refractivity contribution in [3.8, 4) is 5.75 Å². The first kappa shape index (κ1) is 24.1. The number of carbonyl (C=O) groups excluding carboxylic acids is 1. The van der Waals surface area contributed by atoms with Crippen LogP contribution < -0.4 is 15.8 Å². The van der Waals surface area contributed by atoms with Crippen molar-refractivity contribution in [1.29, 1.82) is 0 Å². The smallest absolute Gasteiger partial charge is 0.209 e. The van der Waals surface area contributed by atoms with Crippen LogP contribution in [0.3, 0.4) is 0 Å². The Labute approximate surface area is 198 Å². The monoisotopic (exact) mass is 473 g/mol. The molecule has 0 unspecified atom stereocenters. The molecule has 0 aliphatic heterocycles. The van der Waals surface area contributed by atoms with Gasteiger partial charge in [0.1, 0.15) is 22.7 Å². The molecule has 0 atom stereocenters. The maximum absolute atomic E-state index is 10.1. The Bertz CT molecular complexity index is 1070. The zero-order valence-corrected chi connectivity index (χ0v) is 20.6. The number of thiol groups is 1. The van der Waals surface area contributed by atoms with E-state index in [1.54, 1.807) is 35.7 Å². The number of aromatic nitrogens is 2.